The fourth-order valence-electron chi connectivity index (χ4n) is 3.42. The molecular weight excluding hydrogens is 525 g/mol. The maximum atomic E-state index is 11.6. The summed E-state index contributed by atoms with van der Waals surface area (Å²) in [5.74, 6) is 1.81. The summed E-state index contributed by atoms with van der Waals surface area (Å²) < 4.78 is 23.1. The highest BCUT2D eigenvalue weighted by molar-refractivity contribution is 14.0. The van der Waals surface area contributed by atoms with E-state index in [4.69, 9.17) is 4.99 Å². The first kappa shape index (κ1) is 25.4. The summed E-state index contributed by atoms with van der Waals surface area (Å²) in [6, 6.07) is 11.2. The van der Waals surface area contributed by atoms with Crippen LogP contribution < -0.4 is 15.5 Å². The fraction of sp³-hybridized carbons (Fsp3) is 0.455. The standard InChI is InChI=1S/C22H31N5O2S.HI/c1-3-23-22(25-13-10-18-6-8-20(9-7-18)30(2,28)29)26-17-19-11-12-24-21(16-19)27-14-4-5-15-27;/h6-9,11-12,16H,3-5,10,13-15,17H2,1-2H3,(H2,23,25,26);1H. The van der Waals surface area contributed by atoms with Gasteiger partial charge in [-0.25, -0.2) is 18.4 Å². The molecule has 1 aliphatic rings. The van der Waals surface area contributed by atoms with Crippen molar-refractivity contribution in [2.24, 2.45) is 4.99 Å². The van der Waals surface area contributed by atoms with Crippen LogP contribution in [0.2, 0.25) is 0 Å². The summed E-state index contributed by atoms with van der Waals surface area (Å²) in [5, 5.41) is 6.62. The molecule has 3 rings (SSSR count). The summed E-state index contributed by atoms with van der Waals surface area (Å²) in [4.78, 5) is 11.9. The molecule has 9 heteroatoms. The molecule has 0 bridgehead atoms. The molecule has 0 spiro atoms. The average Bonchev–Trinajstić information content (AvgIpc) is 3.27. The number of rotatable bonds is 8. The second-order valence-electron chi connectivity index (χ2n) is 7.50. The smallest absolute Gasteiger partial charge is 0.191 e. The molecule has 31 heavy (non-hydrogen) atoms. The summed E-state index contributed by atoms with van der Waals surface area (Å²) in [7, 11) is -3.16. The van der Waals surface area contributed by atoms with Gasteiger partial charge in [0.1, 0.15) is 5.82 Å². The van der Waals surface area contributed by atoms with E-state index < -0.39 is 9.84 Å². The molecule has 2 heterocycles. The van der Waals surface area contributed by atoms with Gasteiger partial charge in [0.05, 0.1) is 11.4 Å². The van der Waals surface area contributed by atoms with Crippen LogP contribution in [-0.4, -0.2) is 51.8 Å². The Balaban J connectivity index is 0.00000341. The van der Waals surface area contributed by atoms with Gasteiger partial charge in [-0.05, 0) is 61.6 Å². The molecule has 0 amide bonds. The average molecular weight is 558 g/mol. The Morgan fingerprint density at radius 3 is 2.45 bits per heavy atom. The van der Waals surface area contributed by atoms with E-state index in [9.17, 15) is 8.42 Å². The van der Waals surface area contributed by atoms with E-state index in [1.54, 1.807) is 12.1 Å². The van der Waals surface area contributed by atoms with Gasteiger partial charge >= 0.3 is 0 Å². The van der Waals surface area contributed by atoms with E-state index in [1.165, 1.54) is 19.1 Å². The molecule has 1 saturated heterocycles. The molecular formula is C22H32IN5O2S. The third-order valence-corrected chi connectivity index (χ3v) is 6.19. The third-order valence-electron chi connectivity index (χ3n) is 5.06. The van der Waals surface area contributed by atoms with Crippen LogP contribution in [0, 0.1) is 0 Å². The van der Waals surface area contributed by atoms with Crippen LogP contribution in [-0.2, 0) is 22.8 Å². The summed E-state index contributed by atoms with van der Waals surface area (Å²) in [6.45, 7) is 6.27. The quantitative estimate of drug-likeness (QED) is 0.295. The Labute approximate surface area is 202 Å². The molecule has 0 atom stereocenters. The maximum absolute atomic E-state index is 11.6. The van der Waals surface area contributed by atoms with Gasteiger partial charge in [0.15, 0.2) is 15.8 Å². The van der Waals surface area contributed by atoms with Crippen molar-refractivity contribution < 1.29 is 8.42 Å². The largest absolute Gasteiger partial charge is 0.357 e. The number of nitrogens with one attached hydrogen (secondary N) is 2. The van der Waals surface area contributed by atoms with Crippen LogP contribution >= 0.6 is 24.0 Å². The molecule has 1 aliphatic heterocycles. The molecule has 2 N–H and O–H groups in total. The second-order valence-corrected chi connectivity index (χ2v) is 9.52. The van der Waals surface area contributed by atoms with E-state index in [0.717, 1.165) is 49.0 Å². The van der Waals surface area contributed by atoms with Crippen molar-refractivity contribution >= 4 is 45.6 Å². The Morgan fingerprint density at radius 1 is 1.10 bits per heavy atom. The Bertz CT molecular complexity index is 958. The van der Waals surface area contributed by atoms with Gasteiger partial charge in [-0.1, -0.05) is 12.1 Å². The molecule has 0 aliphatic carbocycles. The first-order valence-electron chi connectivity index (χ1n) is 10.5. The van der Waals surface area contributed by atoms with Crippen LogP contribution in [0.5, 0.6) is 0 Å². The Hall–Kier alpha value is -1.88. The SMILES string of the molecule is CCNC(=NCc1ccnc(N2CCCC2)c1)NCCc1ccc(S(C)(=O)=O)cc1.I. The minimum Gasteiger partial charge on any atom is -0.357 e. The number of aromatic nitrogens is 1. The maximum Gasteiger partial charge on any atom is 0.191 e. The van der Waals surface area contributed by atoms with Crippen molar-refractivity contribution in [1.82, 2.24) is 15.6 Å². The summed E-state index contributed by atoms with van der Waals surface area (Å²) in [5.41, 5.74) is 2.22. The van der Waals surface area contributed by atoms with Crippen molar-refractivity contribution in [3.63, 3.8) is 0 Å². The topological polar surface area (TPSA) is 86.7 Å². The van der Waals surface area contributed by atoms with Gasteiger partial charge < -0.3 is 15.5 Å². The van der Waals surface area contributed by atoms with Gasteiger partial charge in [0.2, 0.25) is 0 Å². The molecule has 2 aromatic rings. The molecule has 0 unspecified atom stereocenters. The number of pyridine rings is 1. The van der Waals surface area contributed by atoms with E-state index in [2.05, 4.69) is 26.6 Å². The molecule has 7 nitrogen and oxygen atoms in total. The predicted molar refractivity (Wildman–Crippen MR) is 137 cm³/mol. The zero-order valence-electron chi connectivity index (χ0n) is 18.2. The highest BCUT2D eigenvalue weighted by atomic mass is 127. The Kier molecular flexibility index (Phi) is 10.0. The van der Waals surface area contributed by atoms with Crippen molar-refractivity contribution in [1.29, 1.82) is 0 Å². The lowest BCUT2D eigenvalue weighted by Crippen LogP contribution is -2.38. The number of halogens is 1. The number of sulfone groups is 1. The molecule has 1 aromatic heterocycles. The fourth-order valence-corrected chi connectivity index (χ4v) is 4.05. The van der Waals surface area contributed by atoms with Gasteiger partial charge in [-0.2, -0.15) is 0 Å². The second kappa shape index (κ2) is 12.2. The minimum atomic E-state index is -3.16. The highest BCUT2D eigenvalue weighted by Crippen LogP contribution is 2.18. The normalized spacial score (nSPS) is 14.3. The number of hydrogen-bond acceptors (Lipinski definition) is 5. The van der Waals surface area contributed by atoms with Crippen molar-refractivity contribution in [2.75, 3.05) is 37.3 Å². The zero-order valence-corrected chi connectivity index (χ0v) is 21.3. The number of anilines is 1. The summed E-state index contributed by atoms with van der Waals surface area (Å²) in [6.07, 6.45) is 6.33. The first-order chi connectivity index (χ1) is 14.5. The number of hydrogen-bond donors (Lipinski definition) is 2. The third kappa shape index (κ3) is 7.95. The van der Waals surface area contributed by atoms with Crippen LogP contribution in [0.4, 0.5) is 5.82 Å². The van der Waals surface area contributed by atoms with Crippen molar-refractivity contribution in [3.8, 4) is 0 Å². The minimum absolute atomic E-state index is 0. The van der Waals surface area contributed by atoms with Crippen LogP contribution in [0.3, 0.4) is 0 Å². The van der Waals surface area contributed by atoms with Gasteiger partial charge in [-0.15, -0.1) is 24.0 Å². The van der Waals surface area contributed by atoms with Crippen LogP contribution in [0.1, 0.15) is 30.9 Å². The number of guanidine groups is 1. The lowest BCUT2D eigenvalue weighted by atomic mass is 10.1. The first-order valence-corrected chi connectivity index (χ1v) is 12.4. The van der Waals surface area contributed by atoms with E-state index >= 15 is 0 Å². The predicted octanol–water partition coefficient (Wildman–Crippen LogP) is 3.00. The molecule has 1 aromatic carbocycles. The van der Waals surface area contributed by atoms with Gasteiger partial charge in [0.25, 0.3) is 0 Å². The molecule has 0 radical (unpaired) electrons. The van der Waals surface area contributed by atoms with Crippen molar-refractivity contribution in [2.45, 2.75) is 37.6 Å². The van der Waals surface area contributed by atoms with E-state index in [0.29, 0.717) is 18.0 Å². The van der Waals surface area contributed by atoms with E-state index in [-0.39, 0.29) is 24.0 Å². The highest BCUT2D eigenvalue weighted by Gasteiger charge is 2.13. The molecule has 0 saturated carbocycles. The van der Waals surface area contributed by atoms with E-state index in [1.807, 2.05) is 31.3 Å². The summed E-state index contributed by atoms with van der Waals surface area (Å²) >= 11 is 0. The number of aliphatic imine (C=N–C) groups is 1. The van der Waals surface area contributed by atoms with Crippen molar-refractivity contribution in [3.05, 3.63) is 53.7 Å². The van der Waals surface area contributed by atoms with Crippen LogP contribution in [0.15, 0.2) is 52.5 Å². The van der Waals surface area contributed by atoms with Gasteiger partial charge in [0, 0.05) is 38.6 Å². The lowest BCUT2D eigenvalue weighted by Gasteiger charge is -2.16. The Morgan fingerprint density at radius 2 is 1.81 bits per heavy atom. The molecule has 170 valence electrons. The zero-order chi connectivity index (χ0) is 21.4. The number of nitrogens with zero attached hydrogens (tertiary/aromatic N) is 3. The number of benzene rings is 1. The van der Waals surface area contributed by atoms with Gasteiger partial charge in [-0.3, -0.25) is 0 Å². The molecule has 1 fully saturated rings. The lowest BCUT2D eigenvalue weighted by molar-refractivity contribution is 0.602. The monoisotopic (exact) mass is 557 g/mol. The van der Waals surface area contributed by atoms with Crippen LogP contribution in [0.25, 0.3) is 0 Å².